The van der Waals surface area contributed by atoms with E-state index in [1.54, 1.807) is 18.2 Å². The van der Waals surface area contributed by atoms with E-state index in [0.717, 1.165) is 30.5 Å². The molecule has 1 saturated heterocycles. The molecule has 0 radical (unpaired) electrons. The van der Waals surface area contributed by atoms with Gasteiger partial charge in [-0.15, -0.1) is 18.3 Å². The lowest BCUT2D eigenvalue weighted by molar-refractivity contribution is -0.213. The molecule has 4 aromatic rings. The zero-order valence-electron chi connectivity index (χ0n) is 17.2. The highest BCUT2D eigenvalue weighted by molar-refractivity contribution is 6.04. The third-order valence-electron chi connectivity index (χ3n) is 6.38. The van der Waals surface area contributed by atoms with Gasteiger partial charge in [-0.25, -0.2) is 13.8 Å². The van der Waals surface area contributed by atoms with Crippen molar-refractivity contribution in [2.75, 3.05) is 4.90 Å². The average molecular weight is 474 g/mol. The molecular formula is C22H15F5N6O. The Hall–Kier alpha value is -3.83. The molecule has 0 bridgehead atoms. The summed E-state index contributed by atoms with van der Waals surface area (Å²) in [7, 11) is 0. The van der Waals surface area contributed by atoms with Crippen LogP contribution in [0.4, 0.5) is 27.6 Å². The largest absolute Gasteiger partial charge is 0.505 e. The fourth-order valence-corrected chi connectivity index (χ4v) is 4.63. The van der Waals surface area contributed by atoms with Gasteiger partial charge in [0.2, 0.25) is 5.91 Å². The second-order valence-electron chi connectivity index (χ2n) is 8.49. The number of halogens is 5. The molecule has 1 amide bonds. The van der Waals surface area contributed by atoms with Crippen molar-refractivity contribution in [3.63, 3.8) is 0 Å². The molecule has 1 aliphatic carbocycles. The van der Waals surface area contributed by atoms with Crippen molar-refractivity contribution in [2.45, 2.75) is 25.2 Å². The van der Waals surface area contributed by atoms with E-state index in [2.05, 4.69) is 20.3 Å². The normalized spacial score (nSPS) is 20.7. The summed E-state index contributed by atoms with van der Waals surface area (Å²) in [6, 6.07) is 6.03. The summed E-state index contributed by atoms with van der Waals surface area (Å²) in [4.78, 5) is 21.5. The Morgan fingerprint density at radius 1 is 1.06 bits per heavy atom. The fraction of sp³-hybridized carbons (Fsp3) is 0.273. The lowest BCUT2D eigenvalue weighted by atomic mass is 9.78. The molecule has 0 spiro atoms. The van der Waals surface area contributed by atoms with Gasteiger partial charge in [0.15, 0.2) is 0 Å². The van der Waals surface area contributed by atoms with Crippen molar-refractivity contribution < 1.29 is 26.7 Å². The standard InChI is InChI=1S/C22H15F5N6O/c23-13-5-11(17-8-32(31-30-17)22(25,26)27)6-14(24)19(13)20-18(10-1-2-10)21(34)33(20)12-3-4-15-16(7-12)29-9-28-15/h3-10,18,20H,1-2H2,(H,28,29)/t18-,20-/m1/s1. The van der Waals surface area contributed by atoms with Gasteiger partial charge in [0, 0.05) is 16.8 Å². The number of H-pyrrole nitrogens is 1. The van der Waals surface area contributed by atoms with Crippen LogP contribution in [0.5, 0.6) is 0 Å². The van der Waals surface area contributed by atoms with E-state index in [1.807, 2.05) is 0 Å². The maximum Gasteiger partial charge on any atom is 0.505 e. The monoisotopic (exact) mass is 474 g/mol. The van der Waals surface area contributed by atoms with Gasteiger partial charge < -0.3 is 9.88 Å². The van der Waals surface area contributed by atoms with Crippen molar-refractivity contribution in [3.05, 3.63) is 60.1 Å². The van der Waals surface area contributed by atoms with Gasteiger partial charge in [-0.1, -0.05) is 5.21 Å². The van der Waals surface area contributed by atoms with Gasteiger partial charge in [0.1, 0.15) is 17.3 Å². The Kier molecular flexibility index (Phi) is 4.32. The Morgan fingerprint density at radius 3 is 2.44 bits per heavy atom. The van der Waals surface area contributed by atoms with Crippen LogP contribution in [0.1, 0.15) is 24.4 Å². The molecule has 1 saturated carbocycles. The topological polar surface area (TPSA) is 79.7 Å². The molecule has 7 nitrogen and oxygen atoms in total. The van der Waals surface area contributed by atoms with Gasteiger partial charge >= 0.3 is 6.30 Å². The van der Waals surface area contributed by atoms with Crippen LogP contribution in [-0.4, -0.2) is 30.9 Å². The number of aromatic nitrogens is 5. The number of carbonyl (C=O) groups excluding carboxylic acids is 1. The van der Waals surface area contributed by atoms with Crippen LogP contribution >= 0.6 is 0 Å². The number of fused-ring (bicyclic) bond motifs is 1. The highest BCUT2D eigenvalue weighted by Gasteiger charge is 2.56. The van der Waals surface area contributed by atoms with Crippen molar-refractivity contribution in [1.29, 1.82) is 0 Å². The first-order valence-corrected chi connectivity index (χ1v) is 10.5. The molecule has 174 valence electrons. The van der Waals surface area contributed by atoms with E-state index in [-0.39, 0.29) is 33.3 Å². The number of hydrogen-bond acceptors (Lipinski definition) is 4. The number of alkyl halides is 3. The molecular weight excluding hydrogens is 459 g/mol. The highest BCUT2D eigenvalue weighted by Crippen LogP contribution is 2.55. The van der Waals surface area contributed by atoms with E-state index in [9.17, 15) is 18.0 Å². The lowest BCUT2D eigenvalue weighted by Crippen LogP contribution is -2.56. The quantitative estimate of drug-likeness (QED) is 0.344. The molecule has 6 rings (SSSR count). The van der Waals surface area contributed by atoms with E-state index >= 15 is 8.78 Å². The predicted molar refractivity (Wildman–Crippen MR) is 109 cm³/mol. The van der Waals surface area contributed by atoms with Gasteiger partial charge in [0.25, 0.3) is 0 Å². The zero-order chi connectivity index (χ0) is 23.8. The van der Waals surface area contributed by atoms with Crippen molar-refractivity contribution in [3.8, 4) is 11.3 Å². The predicted octanol–water partition coefficient (Wildman–Crippen LogP) is 4.69. The fourth-order valence-electron chi connectivity index (χ4n) is 4.63. The SMILES string of the molecule is O=C1[C@H](C2CC2)[C@H](c2c(F)cc(-c3cn(C(F)(F)F)nn3)cc2F)N1c1ccc2[nH]cnc2c1. The van der Waals surface area contributed by atoms with Crippen LogP contribution in [0, 0.1) is 23.5 Å². The number of hydrogen-bond donors (Lipinski definition) is 1. The molecule has 34 heavy (non-hydrogen) atoms. The highest BCUT2D eigenvalue weighted by atomic mass is 19.4. The smallest absolute Gasteiger partial charge is 0.345 e. The van der Waals surface area contributed by atoms with Gasteiger partial charge in [-0.2, -0.15) is 4.68 Å². The van der Waals surface area contributed by atoms with Gasteiger partial charge in [0.05, 0.1) is 35.5 Å². The molecule has 0 unspecified atom stereocenters. The number of anilines is 1. The van der Waals surface area contributed by atoms with E-state index in [4.69, 9.17) is 0 Å². The first-order chi connectivity index (χ1) is 16.2. The van der Waals surface area contributed by atoms with Crippen molar-refractivity contribution in [1.82, 2.24) is 25.0 Å². The Bertz CT molecular complexity index is 1420. The van der Waals surface area contributed by atoms with Crippen LogP contribution in [0.15, 0.2) is 42.9 Å². The molecule has 1 N–H and O–H groups in total. The van der Waals surface area contributed by atoms with Crippen LogP contribution in [0.3, 0.4) is 0 Å². The summed E-state index contributed by atoms with van der Waals surface area (Å²) >= 11 is 0. The summed E-state index contributed by atoms with van der Waals surface area (Å²) in [5.74, 6) is -2.70. The number of amides is 1. The number of rotatable bonds is 4. The Morgan fingerprint density at radius 2 is 1.79 bits per heavy atom. The second-order valence-corrected chi connectivity index (χ2v) is 8.49. The maximum absolute atomic E-state index is 15.3. The third kappa shape index (κ3) is 3.16. The van der Waals surface area contributed by atoms with Crippen LogP contribution < -0.4 is 4.90 Å². The second kappa shape index (κ2) is 7.08. The average Bonchev–Trinajstić information content (AvgIpc) is 3.26. The maximum atomic E-state index is 15.3. The number of nitrogens with one attached hydrogen (secondary N) is 1. The van der Waals surface area contributed by atoms with Crippen LogP contribution in [0.25, 0.3) is 22.3 Å². The van der Waals surface area contributed by atoms with Crippen molar-refractivity contribution >= 4 is 22.6 Å². The number of carbonyl (C=O) groups is 1. The first-order valence-electron chi connectivity index (χ1n) is 10.5. The minimum absolute atomic E-state index is 0.0352. The molecule has 1 aliphatic heterocycles. The molecule has 2 aromatic heterocycles. The van der Waals surface area contributed by atoms with Gasteiger partial charge in [-0.3, -0.25) is 4.79 Å². The lowest BCUT2D eigenvalue weighted by Gasteiger charge is -2.48. The molecule has 2 atom stereocenters. The van der Waals surface area contributed by atoms with E-state index in [1.165, 1.54) is 11.2 Å². The Balaban J connectivity index is 1.41. The number of nitrogens with zero attached hydrogens (tertiary/aromatic N) is 5. The Labute approximate surface area is 188 Å². The molecule has 2 fully saturated rings. The van der Waals surface area contributed by atoms with E-state index < -0.39 is 29.9 Å². The van der Waals surface area contributed by atoms with Gasteiger partial charge in [-0.05, 0) is 49.1 Å². The molecule has 12 heteroatoms. The minimum atomic E-state index is -4.80. The van der Waals surface area contributed by atoms with Crippen LogP contribution in [0.2, 0.25) is 0 Å². The van der Waals surface area contributed by atoms with E-state index in [0.29, 0.717) is 17.4 Å². The summed E-state index contributed by atoms with van der Waals surface area (Å²) in [5, 5.41) is 6.35. The number of imidazole rings is 1. The molecule has 2 aliphatic rings. The molecule has 3 heterocycles. The number of β-lactam (4-membered cyclic amide) rings is 1. The van der Waals surface area contributed by atoms with Crippen LogP contribution in [-0.2, 0) is 11.1 Å². The number of benzene rings is 2. The summed E-state index contributed by atoms with van der Waals surface area (Å²) in [5.41, 5.74) is 0.995. The van der Waals surface area contributed by atoms with Crippen molar-refractivity contribution in [2.24, 2.45) is 11.8 Å². The number of aromatic amines is 1. The first kappa shape index (κ1) is 20.8. The summed E-state index contributed by atoms with van der Waals surface area (Å²) in [6.07, 6.45) is -1.16. The third-order valence-corrected chi connectivity index (χ3v) is 6.38. The minimum Gasteiger partial charge on any atom is -0.345 e. The summed E-state index contributed by atoms with van der Waals surface area (Å²) in [6.45, 7) is 0. The zero-order valence-corrected chi connectivity index (χ0v) is 17.2. The summed E-state index contributed by atoms with van der Waals surface area (Å²) < 4.78 is 68.7. The molecule has 2 aromatic carbocycles.